The van der Waals surface area contributed by atoms with Crippen molar-refractivity contribution in [2.75, 3.05) is 13.1 Å². The molecule has 0 aromatic carbocycles. The zero-order chi connectivity index (χ0) is 13.7. The molecule has 18 heavy (non-hydrogen) atoms. The lowest BCUT2D eigenvalue weighted by Gasteiger charge is -2.13. The number of aromatic nitrogens is 2. The minimum absolute atomic E-state index is 0.450. The van der Waals surface area contributed by atoms with Gasteiger partial charge in [-0.15, -0.1) is 0 Å². The van der Waals surface area contributed by atoms with Crippen molar-refractivity contribution in [3.8, 4) is 0 Å². The van der Waals surface area contributed by atoms with E-state index in [9.17, 15) is 0 Å². The van der Waals surface area contributed by atoms with Gasteiger partial charge in [-0.25, -0.2) is 0 Å². The Morgan fingerprint density at radius 3 is 2.39 bits per heavy atom. The Labute approximate surface area is 112 Å². The van der Waals surface area contributed by atoms with E-state index in [1.54, 1.807) is 0 Å². The van der Waals surface area contributed by atoms with Gasteiger partial charge in [0.25, 0.3) is 0 Å². The molecule has 0 saturated carbocycles. The fourth-order valence-electron chi connectivity index (χ4n) is 2.44. The Hall–Kier alpha value is -0.830. The van der Waals surface area contributed by atoms with E-state index in [-0.39, 0.29) is 0 Å². The Morgan fingerprint density at radius 2 is 1.89 bits per heavy atom. The second-order valence-corrected chi connectivity index (χ2v) is 5.70. The lowest BCUT2D eigenvalue weighted by atomic mass is 9.99. The van der Waals surface area contributed by atoms with Gasteiger partial charge in [0.1, 0.15) is 0 Å². The Kier molecular flexibility index (Phi) is 5.86. The molecule has 0 bridgehead atoms. The summed E-state index contributed by atoms with van der Waals surface area (Å²) in [6.07, 6.45) is 2.33. The zero-order valence-corrected chi connectivity index (χ0v) is 12.9. The third-order valence-corrected chi connectivity index (χ3v) is 3.44. The van der Waals surface area contributed by atoms with Crippen LogP contribution in [0.5, 0.6) is 0 Å². The van der Waals surface area contributed by atoms with Crippen LogP contribution >= 0.6 is 0 Å². The Morgan fingerprint density at radius 1 is 1.22 bits per heavy atom. The minimum Gasteiger partial charge on any atom is -0.316 e. The van der Waals surface area contributed by atoms with E-state index >= 15 is 0 Å². The van der Waals surface area contributed by atoms with E-state index in [4.69, 9.17) is 0 Å². The molecule has 0 fully saturated rings. The van der Waals surface area contributed by atoms with Gasteiger partial charge in [0, 0.05) is 11.7 Å². The number of hydrogen-bond donors (Lipinski definition) is 1. The van der Waals surface area contributed by atoms with Gasteiger partial charge in [-0.2, -0.15) is 5.10 Å². The molecule has 1 aromatic rings. The second kappa shape index (κ2) is 6.93. The largest absolute Gasteiger partial charge is 0.316 e. The van der Waals surface area contributed by atoms with Gasteiger partial charge in [0.2, 0.25) is 0 Å². The van der Waals surface area contributed by atoms with Crippen molar-refractivity contribution < 1.29 is 0 Å². The Bertz CT molecular complexity index is 366. The molecule has 0 saturated heterocycles. The molecule has 0 radical (unpaired) electrons. The monoisotopic (exact) mass is 251 g/mol. The lowest BCUT2D eigenvalue weighted by molar-refractivity contribution is 0.502. The van der Waals surface area contributed by atoms with Gasteiger partial charge in [-0.3, -0.25) is 4.68 Å². The van der Waals surface area contributed by atoms with Gasteiger partial charge in [-0.05, 0) is 65.1 Å². The molecular weight excluding hydrogens is 222 g/mol. The number of nitrogens with zero attached hydrogens (tertiary/aromatic N) is 2. The number of hydrogen-bond acceptors (Lipinski definition) is 2. The van der Waals surface area contributed by atoms with E-state index in [1.807, 2.05) is 0 Å². The van der Waals surface area contributed by atoms with E-state index in [1.165, 1.54) is 23.4 Å². The molecule has 0 aliphatic rings. The van der Waals surface area contributed by atoms with Gasteiger partial charge in [0.05, 0.1) is 5.69 Å². The topological polar surface area (TPSA) is 29.9 Å². The van der Waals surface area contributed by atoms with Gasteiger partial charge >= 0.3 is 0 Å². The molecule has 0 amide bonds. The molecule has 0 aliphatic heterocycles. The van der Waals surface area contributed by atoms with Gasteiger partial charge in [0.15, 0.2) is 0 Å². The van der Waals surface area contributed by atoms with Gasteiger partial charge in [-0.1, -0.05) is 13.8 Å². The maximum atomic E-state index is 4.66. The average molecular weight is 251 g/mol. The summed E-state index contributed by atoms with van der Waals surface area (Å²) in [5, 5.41) is 8.15. The minimum atomic E-state index is 0.450. The standard InChI is InChI=1S/C15H29N3/c1-7-8-16-10-12(4)9-15-13(5)17-18(11(2)3)14(15)6/h11-12,16H,7-10H2,1-6H3. The summed E-state index contributed by atoms with van der Waals surface area (Å²) in [6.45, 7) is 15.4. The summed E-state index contributed by atoms with van der Waals surface area (Å²) in [5.41, 5.74) is 3.97. The van der Waals surface area contributed by atoms with Crippen LogP contribution in [0.2, 0.25) is 0 Å². The van der Waals surface area contributed by atoms with E-state index < -0.39 is 0 Å². The highest BCUT2D eigenvalue weighted by molar-refractivity contribution is 5.25. The first-order valence-corrected chi connectivity index (χ1v) is 7.22. The van der Waals surface area contributed by atoms with Crippen LogP contribution in [0, 0.1) is 19.8 Å². The number of nitrogens with one attached hydrogen (secondary N) is 1. The molecule has 1 rings (SSSR count). The summed E-state index contributed by atoms with van der Waals surface area (Å²) < 4.78 is 2.15. The zero-order valence-electron chi connectivity index (χ0n) is 12.9. The summed E-state index contributed by atoms with van der Waals surface area (Å²) in [4.78, 5) is 0. The molecule has 3 heteroatoms. The first-order valence-electron chi connectivity index (χ1n) is 7.22. The van der Waals surface area contributed by atoms with Crippen molar-refractivity contribution in [2.24, 2.45) is 5.92 Å². The average Bonchev–Trinajstić information content (AvgIpc) is 2.57. The SMILES string of the molecule is CCCNCC(C)Cc1c(C)nn(C(C)C)c1C. The van der Waals surface area contributed by atoms with Gasteiger partial charge < -0.3 is 5.32 Å². The van der Waals surface area contributed by atoms with Crippen LogP contribution in [0.3, 0.4) is 0 Å². The van der Waals surface area contributed by atoms with E-state index in [2.05, 4.69) is 56.6 Å². The molecule has 1 N–H and O–H groups in total. The van der Waals surface area contributed by atoms with Crippen molar-refractivity contribution in [1.82, 2.24) is 15.1 Å². The van der Waals surface area contributed by atoms with Crippen LogP contribution in [0.25, 0.3) is 0 Å². The van der Waals surface area contributed by atoms with Crippen LogP contribution in [-0.2, 0) is 6.42 Å². The molecule has 1 heterocycles. The van der Waals surface area contributed by atoms with Crippen molar-refractivity contribution >= 4 is 0 Å². The molecule has 3 nitrogen and oxygen atoms in total. The number of rotatable bonds is 7. The van der Waals surface area contributed by atoms with Crippen molar-refractivity contribution in [3.05, 3.63) is 17.0 Å². The summed E-state index contributed by atoms with van der Waals surface area (Å²) >= 11 is 0. The predicted octanol–water partition coefficient (Wildman–Crippen LogP) is 3.26. The molecule has 1 aromatic heterocycles. The van der Waals surface area contributed by atoms with E-state index in [0.717, 1.165) is 19.5 Å². The third kappa shape index (κ3) is 3.84. The molecule has 0 spiro atoms. The maximum absolute atomic E-state index is 4.66. The molecule has 0 aliphatic carbocycles. The number of aryl methyl sites for hydroxylation is 1. The summed E-state index contributed by atoms with van der Waals surface area (Å²) in [7, 11) is 0. The van der Waals surface area contributed by atoms with Crippen LogP contribution in [-0.4, -0.2) is 22.9 Å². The maximum Gasteiger partial charge on any atom is 0.0628 e. The van der Waals surface area contributed by atoms with Crippen LogP contribution in [0.1, 0.15) is 57.1 Å². The van der Waals surface area contributed by atoms with Crippen LogP contribution < -0.4 is 5.32 Å². The fraction of sp³-hybridized carbons (Fsp3) is 0.800. The van der Waals surface area contributed by atoms with Crippen LogP contribution in [0.4, 0.5) is 0 Å². The van der Waals surface area contributed by atoms with Crippen LogP contribution in [0.15, 0.2) is 0 Å². The predicted molar refractivity (Wildman–Crippen MR) is 78.1 cm³/mol. The molecule has 104 valence electrons. The second-order valence-electron chi connectivity index (χ2n) is 5.70. The Balaban J connectivity index is 2.66. The fourth-order valence-corrected chi connectivity index (χ4v) is 2.44. The molecular formula is C15H29N3. The summed E-state index contributed by atoms with van der Waals surface area (Å²) in [6, 6.07) is 0.450. The lowest BCUT2D eigenvalue weighted by Crippen LogP contribution is -2.23. The smallest absolute Gasteiger partial charge is 0.0628 e. The van der Waals surface area contributed by atoms with E-state index in [0.29, 0.717) is 12.0 Å². The normalized spacial score (nSPS) is 13.3. The quantitative estimate of drug-likeness (QED) is 0.754. The first kappa shape index (κ1) is 15.2. The molecule has 1 atom stereocenters. The van der Waals surface area contributed by atoms with Crippen molar-refractivity contribution in [1.29, 1.82) is 0 Å². The molecule has 1 unspecified atom stereocenters. The highest BCUT2D eigenvalue weighted by atomic mass is 15.3. The third-order valence-electron chi connectivity index (χ3n) is 3.44. The highest BCUT2D eigenvalue weighted by Gasteiger charge is 2.15. The summed E-state index contributed by atoms with van der Waals surface area (Å²) in [5.74, 6) is 0.666. The van der Waals surface area contributed by atoms with Crippen molar-refractivity contribution in [3.63, 3.8) is 0 Å². The van der Waals surface area contributed by atoms with Crippen molar-refractivity contribution in [2.45, 2.75) is 60.4 Å². The first-order chi connectivity index (χ1) is 8.47. The highest BCUT2D eigenvalue weighted by Crippen LogP contribution is 2.20.